The lowest BCUT2D eigenvalue weighted by molar-refractivity contribution is 0.669. The molecule has 0 radical (unpaired) electrons. The van der Waals surface area contributed by atoms with E-state index < -0.39 is 60.4 Å². The standard InChI is InChI=1S/C50H32O/c1-4-15-33(16-5-1)36-28-30-46-45(31-36)50-43(25-14-26-47(50)51-46)49-41-23-12-10-21-39(41)48(40-22-11-13-24-42(40)49)37-27-29-38(34-17-6-2-7-18-34)44(32-37)35-19-8-3-9-20-35/h1-32H/i2D,3D,6D,7D,8D,9D,17D,18D,19D,20D. The van der Waals surface area contributed by atoms with E-state index in [2.05, 4.69) is 42.5 Å². The van der Waals surface area contributed by atoms with Gasteiger partial charge in [0, 0.05) is 10.8 Å². The third-order valence-electron chi connectivity index (χ3n) is 9.65. The highest BCUT2D eigenvalue weighted by atomic mass is 16.3. The fraction of sp³-hybridized carbons (Fsp3) is 0. The first-order valence-electron chi connectivity index (χ1n) is 21.7. The maximum absolute atomic E-state index is 9.01. The number of rotatable bonds is 5. The Morgan fingerprint density at radius 2 is 0.922 bits per heavy atom. The van der Waals surface area contributed by atoms with Gasteiger partial charge in [-0.3, -0.25) is 0 Å². The SMILES string of the molecule is [2H]c1c([2H])c([2H])c(-c2ccc(-c3c4ccccc4c(-c4cccc5oc6ccc(-c7ccccc7)cc6c45)c4ccccc34)cc2-c2c([2H])c([2H])c([2H])c([2H])c2[2H])c([2H])c1[2H]. The lowest BCUT2D eigenvalue weighted by atomic mass is 9.83. The van der Waals surface area contributed by atoms with Gasteiger partial charge in [-0.25, -0.2) is 0 Å². The monoisotopic (exact) mass is 658 g/mol. The summed E-state index contributed by atoms with van der Waals surface area (Å²) in [7, 11) is 0. The van der Waals surface area contributed by atoms with Crippen LogP contribution in [0, 0.1) is 0 Å². The van der Waals surface area contributed by atoms with E-state index in [0.29, 0.717) is 5.56 Å². The van der Waals surface area contributed by atoms with Crippen LogP contribution < -0.4 is 0 Å². The van der Waals surface area contributed by atoms with Gasteiger partial charge in [0.2, 0.25) is 0 Å². The van der Waals surface area contributed by atoms with E-state index in [1.165, 1.54) is 0 Å². The van der Waals surface area contributed by atoms with E-state index in [4.69, 9.17) is 18.1 Å². The zero-order valence-corrected chi connectivity index (χ0v) is 27.1. The van der Waals surface area contributed by atoms with Crippen LogP contribution >= 0.6 is 0 Å². The van der Waals surface area contributed by atoms with Crippen LogP contribution in [0.5, 0.6) is 0 Å². The van der Waals surface area contributed by atoms with Crippen LogP contribution in [0.1, 0.15) is 13.7 Å². The number of hydrogen-bond acceptors (Lipinski definition) is 1. The van der Waals surface area contributed by atoms with Gasteiger partial charge in [0.15, 0.2) is 0 Å². The van der Waals surface area contributed by atoms with E-state index in [-0.39, 0.29) is 22.3 Å². The summed E-state index contributed by atoms with van der Waals surface area (Å²) in [4.78, 5) is 0. The largest absolute Gasteiger partial charge is 0.456 e. The molecule has 10 rings (SSSR count). The molecule has 238 valence electrons. The maximum atomic E-state index is 9.01. The molecule has 0 amide bonds. The van der Waals surface area contributed by atoms with Gasteiger partial charge in [0.25, 0.3) is 0 Å². The van der Waals surface area contributed by atoms with E-state index >= 15 is 0 Å². The van der Waals surface area contributed by atoms with Gasteiger partial charge in [-0.15, -0.1) is 0 Å². The zero-order chi connectivity index (χ0) is 42.4. The van der Waals surface area contributed by atoms with Crippen LogP contribution in [-0.2, 0) is 0 Å². The van der Waals surface area contributed by atoms with Crippen LogP contribution in [0.15, 0.2) is 198 Å². The Morgan fingerprint density at radius 3 is 1.59 bits per heavy atom. The second kappa shape index (κ2) is 12.0. The lowest BCUT2D eigenvalue weighted by Gasteiger charge is -2.19. The molecule has 0 saturated carbocycles. The molecule has 0 bridgehead atoms. The molecule has 1 heterocycles. The Hall–Kier alpha value is -6.70. The molecule has 1 heteroatoms. The molecule has 0 aliphatic heterocycles. The van der Waals surface area contributed by atoms with Gasteiger partial charge in [-0.05, 0) is 101 Å². The molecule has 1 aromatic heterocycles. The summed E-state index contributed by atoms with van der Waals surface area (Å²) >= 11 is 0. The number of fused-ring (bicyclic) bond motifs is 5. The molecule has 0 atom stereocenters. The minimum absolute atomic E-state index is 0.133. The molecule has 51 heavy (non-hydrogen) atoms. The summed E-state index contributed by atoms with van der Waals surface area (Å²) in [5.41, 5.74) is 7.10. The predicted octanol–water partition coefficient (Wildman–Crippen LogP) is 14.2. The van der Waals surface area contributed by atoms with Crippen LogP contribution in [-0.4, -0.2) is 0 Å². The summed E-state index contributed by atoms with van der Waals surface area (Å²) in [6, 6.07) is 38.7. The first-order chi connectivity index (χ1) is 29.5. The number of furan rings is 1. The Balaban J connectivity index is 1.30. The Morgan fingerprint density at radius 1 is 0.333 bits per heavy atom. The number of hydrogen-bond donors (Lipinski definition) is 0. The predicted molar refractivity (Wildman–Crippen MR) is 216 cm³/mol. The molecule has 0 spiro atoms. The lowest BCUT2D eigenvalue weighted by Crippen LogP contribution is -1.93. The minimum Gasteiger partial charge on any atom is -0.456 e. The molecular weight excluding hydrogens is 617 g/mol. The maximum Gasteiger partial charge on any atom is 0.136 e. The third kappa shape index (κ3) is 4.86. The van der Waals surface area contributed by atoms with Crippen molar-refractivity contribution in [2.75, 3.05) is 0 Å². The summed E-state index contributed by atoms with van der Waals surface area (Å²) in [6.45, 7) is 0. The highest BCUT2D eigenvalue weighted by molar-refractivity contribution is 6.26. The highest BCUT2D eigenvalue weighted by Gasteiger charge is 2.21. The molecule has 0 fully saturated rings. The smallest absolute Gasteiger partial charge is 0.136 e. The molecule has 10 aromatic rings. The second-order valence-electron chi connectivity index (χ2n) is 12.5. The fourth-order valence-corrected chi connectivity index (χ4v) is 7.47. The van der Waals surface area contributed by atoms with E-state index in [0.717, 1.165) is 71.3 Å². The quantitative estimate of drug-likeness (QED) is 0.168. The van der Waals surface area contributed by atoms with Crippen LogP contribution in [0.2, 0.25) is 0 Å². The number of benzene rings is 9. The van der Waals surface area contributed by atoms with Crippen molar-refractivity contribution in [3.05, 3.63) is 194 Å². The fourth-order valence-electron chi connectivity index (χ4n) is 7.47. The van der Waals surface area contributed by atoms with E-state index in [1.54, 1.807) is 18.2 Å². The molecule has 0 aliphatic rings. The average Bonchev–Trinajstić information content (AvgIpc) is 3.67. The first-order valence-corrected chi connectivity index (χ1v) is 16.7. The third-order valence-corrected chi connectivity index (χ3v) is 9.65. The van der Waals surface area contributed by atoms with Crippen molar-refractivity contribution in [3.8, 4) is 55.6 Å². The van der Waals surface area contributed by atoms with Crippen molar-refractivity contribution in [2.24, 2.45) is 0 Å². The van der Waals surface area contributed by atoms with Crippen LogP contribution in [0.3, 0.4) is 0 Å². The zero-order valence-electron chi connectivity index (χ0n) is 37.1. The van der Waals surface area contributed by atoms with Crippen molar-refractivity contribution >= 4 is 43.5 Å². The topological polar surface area (TPSA) is 13.1 Å². The van der Waals surface area contributed by atoms with Crippen LogP contribution in [0.4, 0.5) is 0 Å². The Bertz CT molecular complexity index is 3370. The molecule has 0 unspecified atom stereocenters. The summed E-state index contributed by atoms with van der Waals surface area (Å²) < 4.78 is 92.8. The molecular formula is C50H32O. The van der Waals surface area contributed by atoms with Crippen LogP contribution in [0.25, 0.3) is 99.1 Å². The average molecular weight is 659 g/mol. The Labute approximate surface area is 310 Å². The van der Waals surface area contributed by atoms with Gasteiger partial charge in [-0.2, -0.15) is 0 Å². The second-order valence-corrected chi connectivity index (χ2v) is 12.5. The van der Waals surface area contributed by atoms with Crippen molar-refractivity contribution in [3.63, 3.8) is 0 Å². The molecule has 0 N–H and O–H groups in total. The summed E-state index contributed by atoms with van der Waals surface area (Å²) in [5, 5.41) is 5.61. The Kier molecular flexibility index (Phi) is 4.88. The van der Waals surface area contributed by atoms with Crippen molar-refractivity contribution in [2.45, 2.75) is 0 Å². The highest BCUT2D eigenvalue weighted by Crippen LogP contribution is 2.48. The van der Waals surface area contributed by atoms with E-state index in [1.807, 2.05) is 72.8 Å². The van der Waals surface area contributed by atoms with E-state index in [9.17, 15) is 0 Å². The summed E-state index contributed by atoms with van der Waals surface area (Å²) in [5.74, 6) is 0. The van der Waals surface area contributed by atoms with Gasteiger partial charge in [0.05, 0.1) is 13.7 Å². The van der Waals surface area contributed by atoms with Gasteiger partial charge >= 0.3 is 0 Å². The summed E-state index contributed by atoms with van der Waals surface area (Å²) in [6.07, 6.45) is 0. The minimum atomic E-state index is -0.566. The molecule has 0 aliphatic carbocycles. The first kappa shape index (κ1) is 20.7. The molecule has 1 nitrogen and oxygen atoms in total. The molecule has 9 aromatic carbocycles. The van der Waals surface area contributed by atoms with Crippen molar-refractivity contribution < 1.29 is 18.1 Å². The van der Waals surface area contributed by atoms with Gasteiger partial charge in [-0.1, -0.05) is 170 Å². The van der Waals surface area contributed by atoms with Crippen molar-refractivity contribution in [1.29, 1.82) is 0 Å². The van der Waals surface area contributed by atoms with Gasteiger partial charge < -0.3 is 4.42 Å². The normalized spacial score (nSPS) is 14.3. The van der Waals surface area contributed by atoms with Crippen molar-refractivity contribution in [1.82, 2.24) is 0 Å². The van der Waals surface area contributed by atoms with Gasteiger partial charge in [0.1, 0.15) is 11.2 Å². The molecule has 0 saturated heterocycles.